The molecular formula is C22H18N4O8. The lowest BCUT2D eigenvalue weighted by Gasteiger charge is -2.12. The summed E-state index contributed by atoms with van der Waals surface area (Å²) in [6, 6.07) is 9.68. The highest BCUT2D eigenvalue weighted by atomic mass is 16.6. The van der Waals surface area contributed by atoms with Gasteiger partial charge in [-0.3, -0.25) is 24.6 Å². The Kier molecular flexibility index (Phi) is 6.41. The molecule has 12 heteroatoms. The molecule has 2 amide bonds. The van der Waals surface area contributed by atoms with Crippen LogP contribution in [0.5, 0.6) is 0 Å². The molecule has 0 fully saturated rings. The molecule has 2 heterocycles. The minimum atomic E-state index is -0.740. The summed E-state index contributed by atoms with van der Waals surface area (Å²) in [6.07, 6.45) is 0.503. The average Bonchev–Trinajstić information content (AvgIpc) is 3.41. The molecule has 1 aromatic heterocycles. The fraction of sp³-hybridized carbons (Fsp3) is 0.227. The zero-order valence-corrected chi connectivity index (χ0v) is 17.9. The van der Waals surface area contributed by atoms with Crippen LogP contribution in [0.15, 0.2) is 46.9 Å². The van der Waals surface area contributed by atoms with E-state index >= 15 is 0 Å². The predicted molar refractivity (Wildman–Crippen MR) is 114 cm³/mol. The Morgan fingerprint density at radius 3 is 2.53 bits per heavy atom. The standard InChI is InChI=1S/C22H18N4O8/c1-32-10-2-9-25-20(27)16-8-5-14(11-17(16)21(25)28)22(29)33-12-18-23-24-19(34-18)13-3-6-15(7-4-13)26(30)31/h3-8,11H,2,9-10,12H2,1H3. The first-order valence-corrected chi connectivity index (χ1v) is 10.1. The molecule has 0 spiro atoms. The number of non-ortho nitro benzene ring substituents is 1. The number of nitro groups is 1. The number of carbonyl (C=O) groups is 3. The van der Waals surface area contributed by atoms with Crippen molar-refractivity contribution >= 4 is 23.5 Å². The van der Waals surface area contributed by atoms with Crippen molar-refractivity contribution in [2.75, 3.05) is 20.3 Å². The van der Waals surface area contributed by atoms with Crippen LogP contribution in [0.25, 0.3) is 11.5 Å². The maximum absolute atomic E-state index is 12.6. The Morgan fingerprint density at radius 1 is 1.09 bits per heavy atom. The summed E-state index contributed by atoms with van der Waals surface area (Å²) in [5.74, 6) is -1.51. The molecule has 0 atom stereocenters. The molecule has 4 rings (SSSR count). The molecule has 0 radical (unpaired) electrons. The summed E-state index contributed by atoms with van der Waals surface area (Å²) in [5, 5.41) is 18.4. The summed E-state index contributed by atoms with van der Waals surface area (Å²) in [5.41, 5.74) is 0.838. The van der Waals surface area contributed by atoms with Crippen molar-refractivity contribution in [1.29, 1.82) is 0 Å². The molecule has 174 valence electrons. The average molecular weight is 466 g/mol. The van der Waals surface area contributed by atoms with E-state index in [2.05, 4.69) is 10.2 Å². The number of hydrogen-bond acceptors (Lipinski definition) is 10. The highest BCUT2D eigenvalue weighted by Crippen LogP contribution is 2.25. The number of rotatable bonds is 9. The van der Waals surface area contributed by atoms with E-state index in [-0.39, 0.29) is 47.3 Å². The van der Waals surface area contributed by atoms with Gasteiger partial charge in [0.1, 0.15) is 0 Å². The SMILES string of the molecule is COCCCN1C(=O)c2ccc(C(=O)OCc3nnc(-c4ccc([N+](=O)[O-])cc4)o3)cc2C1=O. The van der Waals surface area contributed by atoms with Crippen molar-refractivity contribution < 1.29 is 33.2 Å². The Balaban J connectivity index is 1.40. The quantitative estimate of drug-likeness (QED) is 0.151. The predicted octanol–water partition coefficient (Wildman–Crippen LogP) is 2.63. The number of fused-ring (bicyclic) bond motifs is 1. The molecule has 0 saturated carbocycles. The van der Waals surface area contributed by atoms with Crippen LogP contribution in [0.1, 0.15) is 43.4 Å². The van der Waals surface area contributed by atoms with Crippen LogP contribution in [0.3, 0.4) is 0 Å². The zero-order chi connectivity index (χ0) is 24.2. The molecule has 1 aliphatic rings. The number of nitrogens with zero attached hydrogens (tertiary/aromatic N) is 4. The van der Waals surface area contributed by atoms with Gasteiger partial charge in [-0.25, -0.2) is 4.79 Å². The molecule has 0 unspecified atom stereocenters. The van der Waals surface area contributed by atoms with E-state index in [0.29, 0.717) is 18.6 Å². The fourth-order valence-corrected chi connectivity index (χ4v) is 3.35. The third kappa shape index (κ3) is 4.52. The Hall–Kier alpha value is -4.45. The molecule has 2 aromatic carbocycles. The second-order valence-electron chi connectivity index (χ2n) is 7.25. The lowest BCUT2D eigenvalue weighted by molar-refractivity contribution is -0.384. The van der Waals surface area contributed by atoms with Gasteiger partial charge in [0.15, 0.2) is 6.61 Å². The normalized spacial score (nSPS) is 12.7. The topological polar surface area (TPSA) is 155 Å². The summed E-state index contributed by atoms with van der Waals surface area (Å²) >= 11 is 0. The number of methoxy groups -OCH3 is 1. The van der Waals surface area contributed by atoms with Gasteiger partial charge in [-0.15, -0.1) is 10.2 Å². The molecule has 0 N–H and O–H groups in total. The summed E-state index contributed by atoms with van der Waals surface area (Å²) in [6.45, 7) is 0.298. The van der Waals surface area contributed by atoms with Crippen molar-refractivity contribution in [3.05, 3.63) is 75.2 Å². The van der Waals surface area contributed by atoms with E-state index in [1.165, 1.54) is 49.6 Å². The van der Waals surface area contributed by atoms with E-state index in [4.69, 9.17) is 13.9 Å². The number of amides is 2. The maximum Gasteiger partial charge on any atom is 0.338 e. The van der Waals surface area contributed by atoms with Gasteiger partial charge in [0, 0.05) is 38.0 Å². The molecule has 3 aromatic rings. The zero-order valence-electron chi connectivity index (χ0n) is 17.9. The van der Waals surface area contributed by atoms with Crippen LogP contribution in [0, 0.1) is 10.1 Å². The van der Waals surface area contributed by atoms with Crippen molar-refractivity contribution in [2.45, 2.75) is 13.0 Å². The van der Waals surface area contributed by atoms with Crippen molar-refractivity contribution in [3.63, 3.8) is 0 Å². The van der Waals surface area contributed by atoms with Crippen molar-refractivity contribution in [3.8, 4) is 11.5 Å². The Labute approximate surface area is 192 Å². The minimum Gasteiger partial charge on any atom is -0.452 e. The second-order valence-corrected chi connectivity index (χ2v) is 7.25. The van der Waals surface area contributed by atoms with Crippen LogP contribution in [-0.2, 0) is 16.1 Å². The van der Waals surface area contributed by atoms with Gasteiger partial charge in [-0.05, 0) is 36.8 Å². The van der Waals surface area contributed by atoms with Gasteiger partial charge in [-0.1, -0.05) is 0 Å². The molecule has 12 nitrogen and oxygen atoms in total. The van der Waals surface area contributed by atoms with Crippen molar-refractivity contribution in [2.24, 2.45) is 0 Å². The monoisotopic (exact) mass is 466 g/mol. The van der Waals surface area contributed by atoms with E-state index in [1.54, 1.807) is 0 Å². The van der Waals surface area contributed by atoms with Crippen LogP contribution < -0.4 is 0 Å². The summed E-state index contributed by atoms with van der Waals surface area (Å²) in [4.78, 5) is 48.9. The Bertz CT molecular complexity index is 1270. The Morgan fingerprint density at radius 2 is 1.82 bits per heavy atom. The van der Waals surface area contributed by atoms with Crippen LogP contribution in [0.4, 0.5) is 5.69 Å². The number of benzene rings is 2. The lowest BCUT2D eigenvalue weighted by atomic mass is 10.1. The number of nitro benzene ring substituents is 1. The summed E-state index contributed by atoms with van der Waals surface area (Å²) < 4.78 is 15.6. The number of imide groups is 1. The van der Waals surface area contributed by atoms with Gasteiger partial charge < -0.3 is 13.9 Å². The first kappa shape index (κ1) is 22.7. The minimum absolute atomic E-state index is 0.0124. The van der Waals surface area contributed by atoms with Crippen LogP contribution >= 0.6 is 0 Å². The number of aromatic nitrogens is 2. The molecule has 0 bridgehead atoms. The lowest BCUT2D eigenvalue weighted by Crippen LogP contribution is -2.31. The molecule has 0 saturated heterocycles. The molecule has 1 aliphatic heterocycles. The van der Waals surface area contributed by atoms with Gasteiger partial charge >= 0.3 is 5.97 Å². The molecule has 34 heavy (non-hydrogen) atoms. The maximum atomic E-state index is 12.6. The van der Waals surface area contributed by atoms with Crippen LogP contribution in [0.2, 0.25) is 0 Å². The number of ether oxygens (including phenoxy) is 2. The molecular weight excluding hydrogens is 448 g/mol. The van der Waals surface area contributed by atoms with Gasteiger partial charge in [0.2, 0.25) is 5.89 Å². The van der Waals surface area contributed by atoms with E-state index in [9.17, 15) is 24.5 Å². The second kappa shape index (κ2) is 9.58. The smallest absolute Gasteiger partial charge is 0.338 e. The largest absolute Gasteiger partial charge is 0.452 e. The first-order valence-electron chi connectivity index (χ1n) is 10.1. The third-order valence-electron chi connectivity index (χ3n) is 5.06. The van der Waals surface area contributed by atoms with Gasteiger partial charge in [0.05, 0.1) is 21.6 Å². The number of carbonyl (C=O) groups excluding carboxylic acids is 3. The van der Waals surface area contributed by atoms with Gasteiger partial charge in [-0.2, -0.15) is 0 Å². The number of hydrogen-bond donors (Lipinski definition) is 0. The fourth-order valence-electron chi connectivity index (χ4n) is 3.35. The van der Waals surface area contributed by atoms with Gasteiger partial charge in [0.25, 0.3) is 23.4 Å². The number of esters is 1. The summed E-state index contributed by atoms with van der Waals surface area (Å²) in [7, 11) is 1.53. The highest BCUT2D eigenvalue weighted by Gasteiger charge is 2.35. The van der Waals surface area contributed by atoms with Crippen molar-refractivity contribution in [1.82, 2.24) is 15.1 Å². The van der Waals surface area contributed by atoms with E-state index in [1.807, 2.05) is 0 Å². The third-order valence-corrected chi connectivity index (χ3v) is 5.06. The van der Waals surface area contributed by atoms with E-state index in [0.717, 1.165) is 4.90 Å². The van der Waals surface area contributed by atoms with Crippen LogP contribution in [-0.4, -0.2) is 58.1 Å². The molecule has 0 aliphatic carbocycles. The highest BCUT2D eigenvalue weighted by molar-refractivity contribution is 6.21. The first-order chi connectivity index (χ1) is 16.4. The van der Waals surface area contributed by atoms with E-state index < -0.39 is 22.7 Å².